The Labute approximate surface area is 321 Å². The van der Waals surface area contributed by atoms with Gasteiger partial charge in [0.15, 0.2) is 0 Å². The summed E-state index contributed by atoms with van der Waals surface area (Å²) in [6.45, 7) is 0. The molecule has 2 nitrogen and oxygen atoms in total. The fraction of sp³-hybridized carbons (Fsp3) is 0. The van der Waals surface area contributed by atoms with Gasteiger partial charge in [0.25, 0.3) is 0 Å². The molecule has 0 aliphatic heterocycles. The molecule has 0 fully saturated rings. The molecule has 13 aromatic rings. The third-order valence-electron chi connectivity index (χ3n) is 12.4. The third-order valence-corrected chi connectivity index (χ3v) is 12.4. The first-order valence-electron chi connectivity index (χ1n) is 19.4. The van der Waals surface area contributed by atoms with Crippen LogP contribution in [-0.4, -0.2) is 9.13 Å². The van der Waals surface area contributed by atoms with Crippen LogP contribution in [0, 0.1) is 0 Å². The molecule has 0 aliphatic carbocycles. The second-order valence-electron chi connectivity index (χ2n) is 15.2. The smallest absolute Gasteiger partial charge is 0.0788 e. The second-order valence-corrected chi connectivity index (χ2v) is 15.2. The van der Waals surface area contributed by atoms with Crippen LogP contribution in [0.4, 0.5) is 0 Å². The van der Waals surface area contributed by atoms with Gasteiger partial charge in [0.05, 0.1) is 22.1 Å². The first-order chi connectivity index (χ1) is 27.8. The number of nitrogens with zero attached hydrogens (tertiary/aromatic N) is 2. The molecule has 0 radical (unpaired) electrons. The molecule has 0 saturated heterocycles. The highest BCUT2D eigenvalue weighted by atomic mass is 15.0. The SMILES string of the molecule is c1ccc2c(c1)c1ccccc1c1cc(-n3c4ccccc4c4ccc5c6ccccc6n(-c6ccc7c8ccccc8c8ccccc8c7c6)c5c43)ccc21. The quantitative estimate of drug-likeness (QED) is 0.158. The van der Waals surface area contributed by atoms with Crippen LogP contribution in [0.1, 0.15) is 0 Å². The van der Waals surface area contributed by atoms with Gasteiger partial charge < -0.3 is 9.13 Å². The van der Waals surface area contributed by atoms with Gasteiger partial charge in [0.1, 0.15) is 0 Å². The van der Waals surface area contributed by atoms with Gasteiger partial charge in [-0.05, 0) is 101 Å². The van der Waals surface area contributed by atoms with Crippen molar-refractivity contribution < 1.29 is 0 Å². The van der Waals surface area contributed by atoms with Crippen LogP contribution in [0.2, 0.25) is 0 Å². The van der Waals surface area contributed by atoms with Gasteiger partial charge in [0, 0.05) is 32.9 Å². The molecule has 0 unspecified atom stereocenters. The zero-order valence-corrected chi connectivity index (χ0v) is 30.4. The van der Waals surface area contributed by atoms with Crippen LogP contribution in [0.5, 0.6) is 0 Å². The third kappa shape index (κ3) is 3.90. The Balaban J connectivity index is 1.19. The topological polar surface area (TPSA) is 9.86 Å². The molecule has 0 saturated carbocycles. The van der Waals surface area contributed by atoms with Crippen molar-refractivity contribution in [1.82, 2.24) is 9.13 Å². The monoisotopic (exact) mass is 708 g/mol. The molecular formula is C54H32N2. The zero-order chi connectivity index (χ0) is 36.5. The summed E-state index contributed by atoms with van der Waals surface area (Å²) in [6, 6.07) is 72.1. The van der Waals surface area contributed by atoms with Crippen molar-refractivity contribution in [3.8, 4) is 11.4 Å². The summed E-state index contributed by atoms with van der Waals surface area (Å²) < 4.78 is 5.05. The number of fused-ring (bicyclic) bond motifs is 19. The average Bonchev–Trinajstić information content (AvgIpc) is 3.79. The Morgan fingerprint density at radius 2 is 0.446 bits per heavy atom. The first-order valence-corrected chi connectivity index (χ1v) is 19.4. The Bertz CT molecular complexity index is 3500. The molecular weight excluding hydrogens is 677 g/mol. The van der Waals surface area contributed by atoms with E-state index < -0.39 is 0 Å². The van der Waals surface area contributed by atoms with E-state index in [-0.39, 0.29) is 0 Å². The van der Waals surface area contributed by atoms with Gasteiger partial charge in [0.2, 0.25) is 0 Å². The summed E-state index contributed by atoms with van der Waals surface area (Å²) >= 11 is 0. The maximum atomic E-state index is 2.52. The molecule has 0 amide bonds. The van der Waals surface area contributed by atoms with Crippen LogP contribution in [0.15, 0.2) is 194 Å². The van der Waals surface area contributed by atoms with E-state index in [9.17, 15) is 0 Å². The molecule has 0 spiro atoms. The van der Waals surface area contributed by atoms with Crippen molar-refractivity contribution in [1.29, 1.82) is 0 Å². The number of rotatable bonds is 2. The average molecular weight is 709 g/mol. The van der Waals surface area contributed by atoms with E-state index >= 15 is 0 Å². The van der Waals surface area contributed by atoms with E-state index in [0.717, 1.165) is 11.4 Å². The summed E-state index contributed by atoms with van der Waals surface area (Å²) in [5.41, 5.74) is 7.15. The van der Waals surface area contributed by atoms with E-state index in [2.05, 4.69) is 203 Å². The maximum absolute atomic E-state index is 2.52. The minimum atomic E-state index is 1.16. The lowest BCUT2D eigenvalue weighted by molar-refractivity contribution is 1.15. The minimum Gasteiger partial charge on any atom is -0.307 e. The molecule has 2 aromatic heterocycles. The molecule has 258 valence electrons. The van der Waals surface area contributed by atoms with Gasteiger partial charge >= 0.3 is 0 Å². The summed E-state index contributed by atoms with van der Waals surface area (Å²) in [5.74, 6) is 0. The van der Waals surface area contributed by atoms with Crippen molar-refractivity contribution >= 4 is 108 Å². The van der Waals surface area contributed by atoms with E-state index in [1.807, 2.05) is 0 Å². The fourth-order valence-electron chi connectivity index (χ4n) is 10.1. The van der Waals surface area contributed by atoms with Crippen molar-refractivity contribution in [2.24, 2.45) is 0 Å². The molecule has 2 heterocycles. The van der Waals surface area contributed by atoms with Crippen LogP contribution < -0.4 is 0 Å². The van der Waals surface area contributed by atoms with Crippen LogP contribution >= 0.6 is 0 Å². The molecule has 0 N–H and O–H groups in total. The molecule has 11 aromatic carbocycles. The number of benzene rings is 11. The summed E-state index contributed by atoms with van der Waals surface area (Å²) in [6.07, 6.45) is 0. The highest BCUT2D eigenvalue weighted by Gasteiger charge is 2.22. The predicted octanol–water partition coefficient (Wildman–Crippen LogP) is 14.8. The molecule has 0 atom stereocenters. The Morgan fingerprint density at radius 3 is 0.786 bits per heavy atom. The number of hydrogen-bond acceptors (Lipinski definition) is 0. The lowest BCUT2D eigenvalue weighted by Crippen LogP contribution is -1.99. The Hall–Kier alpha value is -7.42. The Kier molecular flexibility index (Phi) is 5.92. The van der Waals surface area contributed by atoms with Crippen LogP contribution in [0.25, 0.3) is 120 Å². The summed E-state index contributed by atoms with van der Waals surface area (Å²) in [4.78, 5) is 0. The molecule has 13 rings (SSSR count). The molecule has 56 heavy (non-hydrogen) atoms. The minimum absolute atomic E-state index is 1.16. The molecule has 0 bridgehead atoms. The highest BCUT2D eigenvalue weighted by Crippen LogP contribution is 2.44. The Morgan fingerprint density at radius 1 is 0.196 bits per heavy atom. The van der Waals surface area contributed by atoms with Gasteiger partial charge in [-0.25, -0.2) is 0 Å². The van der Waals surface area contributed by atoms with Gasteiger partial charge in [-0.2, -0.15) is 0 Å². The standard InChI is InChI=1S/C54H32N2/c1-3-17-39-35(13-1)37-15-5-7-19-41(37)49-31-33(25-27-43(39)49)55-51-23-11-9-21-45(51)47-29-30-48-46-22-10-12-24-52(46)56(54(48)53(47)55)34-26-28-44-40-18-4-2-14-36(40)38-16-6-8-20-42(38)50(44)32-34/h1-32H. The first kappa shape index (κ1) is 30.0. The van der Waals surface area contributed by atoms with Gasteiger partial charge in [-0.3, -0.25) is 0 Å². The lowest BCUT2D eigenvalue weighted by atomic mass is 9.94. The predicted molar refractivity (Wildman–Crippen MR) is 240 cm³/mol. The van der Waals surface area contributed by atoms with Crippen molar-refractivity contribution in [3.05, 3.63) is 194 Å². The lowest BCUT2D eigenvalue weighted by Gasteiger charge is -2.16. The number of hydrogen-bond donors (Lipinski definition) is 0. The van der Waals surface area contributed by atoms with Gasteiger partial charge in [-0.15, -0.1) is 0 Å². The number of para-hydroxylation sites is 2. The summed E-state index contributed by atoms with van der Waals surface area (Å²) in [7, 11) is 0. The van der Waals surface area contributed by atoms with E-state index in [1.54, 1.807) is 0 Å². The van der Waals surface area contributed by atoms with Crippen LogP contribution in [-0.2, 0) is 0 Å². The zero-order valence-electron chi connectivity index (χ0n) is 30.4. The molecule has 2 heteroatoms. The van der Waals surface area contributed by atoms with E-state index in [0.29, 0.717) is 0 Å². The highest BCUT2D eigenvalue weighted by molar-refractivity contribution is 6.28. The number of aromatic nitrogens is 2. The van der Waals surface area contributed by atoms with Gasteiger partial charge in [-0.1, -0.05) is 158 Å². The molecule has 0 aliphatic rings. The maximum Gasteiger partial charge on any atom is 0.0788 e. The van der Waals surface area contributed by atoms with E-state index in [4.69, 9.17) is 0 Å². The van der Waals surface area contributed by atoms with Crippen molar-refractivity contribution in [2.45, 2.75) is 0 Å². The fourth-order valence-corrected chi connectivity index (χ4v) is 10.1. The van der Waals surface area contributed by atoms with E-state index in [1.165, 1.54) is 108 Å². The summed E-state index contributed by atoms with van der Waals surface area (Å²) in [5, 5.41) is 20.4. The largest absolute Gasteiger partial charge is 0.307 e. The second kappa shape index (κ2) is 11.1. The van der Waals surface area contributed by atoms with Crippen molar-refractivity contribution in [2.75, 3.05) is 0 Å². The van der Waals surface area contributed by atoms with Crippen molar-refractivity contribution in [3.63, 3.8) is 0 Å². The van der Waals surface area contributed by atoms with Crippen LogP contribution in [0.3, 0.4) is 0 Å². The normalized spacial score (nSPS) is 12.3.